The normalized spacial score (nSPS) is 21.2. The molecule has 3 rings (SSSR count). The molecule has 1 unspecified atom stereocenters. The van der Waals surface area contributed by atoms with Gasteiger partial charge < -0.3 is 10.5 Å². The minimum Gasteiger partial charge on any atom is -0.485 e. The van der Waals surface area contributed by atoms with E-state index in [0.29, 0.717) is 22.8 Å². The summed E-state index contributed by atoms with van der Waals surface area (Å²) in [6.45, 7) is 0. The van der Waals surface area contributed by atoms with E-state index in [1.165, 1.54) is 30.3 Å². The summed E-state index contributed by atoms with van der Waals surface area (Å²) in [5, 5.41) is 0.420. The van der Waals surface area contributed by atoms with Gasteiger partial charge in [0.05, 0.1) is 0 Å². The number of nitrogens with two attached hydrogens (primary N) is 1. The zero-order valence-corrected chi connectivity index (χ0v) is 11.2. The van der Waals surface area contributed by atoms with Gasteiger partial charge in [0.15, 0.2) is 0 Å². The Morgan fingerprint density at radius 2 is 1.90 bits per heavy atom. The summed E-state index contributed by atoms with van der Waals surface area (Å²) < 4.78 is 32.8. The predicted octanol–water partition coefficient (Wildman–Crippen LogP) is 4.14. The Labute approximate surface area is 120 Å². The molecule has 0 saturated carbocycles. The van der Waals surface area contributed by atoms with Gasteiger partial charge in [0, 0.05) is 34.7 Å². The molecule has 0 spiro atoms. The van der Waals surface area contributed by atoms with E-state index < -0.39 is 17.7 Å². The van der Waals surface area contributed by atoms with Crippen LogP contribution in [-0.2, 0) is 0 Å². The average Bonchev–Trinajstić information content (AvgIpc) is 2.41. The first-order valence-electron chi connectivity index (χ1n) is 6.21. The lowest BCUT2D eigenvalue weighted by molar-refractivity contribution is 0.156. The van der Waals surface area contributed by atoms with E-state index in [1.54, 1.807) is 6.07 Å². The van der Waals surface area contributed by atoms with Crippen LogP contribution in [0.3, 0.4) is 0 Å². The molecule has 0 aromatic heterocycles. The summed E-state index contributed by atoms with van der Waals surface area (Å²) in [7, 11) is 0. The van der Waals surface area contributed by atoms with Crippen LogP contribution in [0.25, 0.3) is 0 Å². The first kappa shape index (κ1) is 13.3. The monoisotopic (exact) mass is 295 g/mol. The Hall–Kier alpha value is -1.65. The molecule has 0 aliphatic carbocycles. The van der Waals surface area contributed by atoms with Gasteiger partial charge >= 0.3 is 0 Å². The van der Waals surface area contributed by atoms with Crippen LogP contribution in [0.15, 0.2) is 36.4 Å². The van der Waals surface area contributed by atoms with Gasteiger partial charge in [0.1, 0.15) is 23.5 Å². The molecule has 1 aliphatic heterocycles. The number of fused-ring (bicyclic) bond motifs is 1. The van der Waals surface area contributed by atoms with Gasteiger partial charge in [0.2, 0.25) is 0 Å². The van der Waals surface area contributed by atoms with E-state index in [0.717, 1.165) is 5.56 Å². The Balaban J connectivity index is 2.00. The number of halogens is 3. The maximum atomic E-state index is 13.9. The summed E-state index contributed by atoms with van der Waals surface area (Å²) in [6.07, 6.45) is -0.159. The van der Waals surface area contributed by atoms with Crippen molar-refractivity contribution in [3.63, 3.8) is 0 Å². The van der Waals surface area contributed by atoms with E-state index in [-0.39, 0.29) is 6.04 Å². The van der Waals surface area contributed by atoms with Crippen molar-refractivity contribution in [2.45, 2.75) is 18.6 Å². The lowest BCUT2D eigenvalue weighted by Gasteiger charge is -2.30. The molecule has 2 aromatic carbocycles. The van der Waals surface area contributed by atoms with Crippen molar-refractivity contribution in [2.75, 3.05) is 0 Å². The van der Waals surface area contributed by atoms with Crippen LogP contribution < -0.4 is 10.5 Å². The van der Waals surface area contributed by atoms with Crippen molar-refractivity contribution in [1.82, 2.24) is 0 Å². The molecule has 0 fully saturated rings. The SMILES string of the molecule is N[C@H]1CC(c2cc(Cl)ccc2F)Oc2cc(F)ccc21. The van der Waals surface area contributed by atoms with Gasteiger partial charge in [-0.2, -0.15) is 0 Å². The van der Waals surface area contributed by atoms with Crippen LogP contribution in [0, 0.1) is 11.6 Å². The van der Waals surface area contributed by atoms with Gasteiger partial charge in [-0.1, -0.05) is 17.7 Å². The second-order valence-corrected chi connectivity index (χ2v) is 5.23. The highest BCUT2D eigenvalue weighted by Gasteiger charge is 2.29. The Bertz CT molecular complexity index is 662. The van der Waals surface area contributed by atoms with E-state index in [9.17, 15) is 8.78 Å². The molecule has 2 nitrogen and oxygen atoms in total. The molecule has 104 valence electrons. The minimum absolute atomic E-state index is 0.331. The molecule has 2 N–H and O–H groups in total. The van der Waals surface area contributed by atoms with Gasteiger partial charge in [0.25, 0.3) is 0 Å². The van der Waals surface area contributed by atoms with Crippen LogP contribution in [0.2, 0.25) is 5.02 Å². The van der Waals surface area contributed by atoms with Crippen LogP contribution in [0.1, 0.15) is 29.7 Å². The lowest BCUT2D eigenvalue weighted by atomic mass is 9.93. The van der Waals surface area contributed by atoms with Crippen LogP contribution in [0.5, 0.6) is 5.75 Å². The second kappa shape index (κ2) is 5.04. The number of benzene rings is 2. The molecule has 0 radical (unpaired) electrons. The average molecular weight is 296 g/mol. The van der Waals surface area contributed by atoms with Crippen LogP contribution in [-0.4, -0.2) is 0 Å². The number of rotatable bonds is 1. The molecular weight excluding hydrogens is 284 g/mol. The quantitative estimate of drug-likeness (QED) is 0.858. The fourth-order valence-electron chi connectivity index (χ4n) is 2.43. The second-order valence-electron chi connectivity index (χ2n) is 4.80. The first-order valence-corrected chi connectivity index (χ1v) is 6.59. The fraction of sp³-hybridized carbons (Fsp3) is 0.200. The van der Waals surface area contributed by atoms with Gasteiger partial charge in [-0.3, -0.25) is 0 Å². The third-order valence-corrected chi connectivity index (χ3v) is 3.65. The van der Waals surface area contributed by atoms with Crippen LogP contribution in [0.4, 0.5) is 8.78 Å². The third-order valence-electron chi connectivity index (χ3n) is 3.42. The zero-order chi connectivity index (χ0) is 14.3. The van der Waals surface area contributed by atoms with Crippen LogP contribution >= 0.6 is 11.6 Å². The molecule has 0 amide bonds. The molecule has 0 saturated heterocycles. The standard InChI is InChI=1S/C15H12ClF2NO/c16-8-1-4-12(18)11(5-8)15-7-13(19)10-3-2-9(17)6-14(10)20-15/h1-6,13,15H,7,19H2/t13-,15?/m0/s1. The van der Waals surface area contributed by atoms with Crippen molar-refractivity contribution in [2.24, 2.45) is 5.73 Å². The third kappa shape index (κ3) is 2.37. The van der Waals surface area contributed by atoms with Crippen molar-refractivity contribution in [3.8, 4) is 5.75 Å². The molecular formula is C15H12ClF2NO. The topological polar surface area (TPSA) is 35.2 Å². The minimum atomic E-state index is -0.571. The zero-order valence-electron chi connectivity index (χ0n) is 10.4. The maximum Gasteiger partial charge on any atom is 0.130 e. The number of hydrogen-bond acceptors (Lipinski definition) is 2. The highest BCUT2D eigenvalue weighted by atomic mass is 35.5. The largest absolute Gasteiger partial charge is 0.485 e. The highest BCUT2D eigenvalue weighted by molar-refractivity contribution is 6.30. The van der Waals surface area contributed by atoms with E-state index >= 15 is 0 Å². The predicted molar refractivity (Wildman–Crippen MR) is 72.7 cm³/mol. The molecule has 5 heteroatoms. The summed E-state index contributed by atoms with van der Waals surface area (Å²) in [4.78, 5) is 0. The Kier molecular flexibility index (Phi) is 3.36. The van der Waals surface area contributed by atoms with Gasteiger partial charge in [-0.25, -0.2) is 8.78 Å². The van der Waals surface area contributed by atoms with Crippen molar-refractivity contribution in [1.29, 1.82) is 0 Å². The molecule has 20 heavy (non-hydrogen) atoms. The fourth-order valence-corrected chi connectivity index (χ4v) is 2.61. The highest BCUT2D eigenvalue weighted by Crippen LogP contribution is 2.40. The molecule has 0 bridgehead atoms. The van der Waals surface area contributed by atoms with E-state index in [1.807, 2.05) is 0 Å². The smallest absolute Gasteiger partial charge is 0.130 e. The Morgan fingerprint density at radius 1 is 1.10 bits per heavy atom. The molecule has 1 aliphatic rings. The number of hydrogen-bond donors (Lipinski definition) is 1. The summed E-state index contributed by atoms with van der Waals surface area (Å²) in [5.74, 6) is -0.470. The summed E-state index contributed by atoms with van der Waals surface area (Å²) in [6, 6.07) is 8.14. The number of ether oxygens (including phenoxy) is 1. The summed E-state index contributed by atoms with van der Waals surface area (Å²) >= 11 is 5.88. The van der Waals surface area contributed by atoms with Crippen molar-refractivity contribution >= 4 is 11.6 Å². The summed E-state index contributed by atoms with van der Waals surface area (Å²) in [5.41, 5.74) is 7.12. The van der Waals surface area contributed by atoms with E-state index in [2.05, 4.69) is 0 Å². The van der Waals surface area contributed by atoms with Crippen molar-refractivity contribution < 1.29 is 13.5 Å². The van der Waals surface area contributed by atoms with Gasteiger partial charge in [-0.05, 0) is 24.3 Å². The Morgan fingerprint density at radius 3 is 2.70 bits per heavy atom. The molecule has 2 atom stereocenters. The maximum absolute atomic E-state index is 13.9. The van der Waals surface area contributed by atoms with Gasteiger partial charge in [-0.15, -0.1) is 0 Å². The first-order chi connectivity index (χ1) is 9.54. The molecule has 2 aromatic rings. The van der Waals surface area contributed by atoms with E-state index in [4.69, 9.17) is 22.1 Å². The lowest BCUT2D eigenvalue weighted by Crippen LogP contribution is -2.24. The molecule has 1 heterocycles. The van der Waals surface area contributed by atoms with Crippen molar-refractivity contribution in [3.05, 3.63) is 64.2 Å².